The van der Waals surface area contributed by atoms with Crippen molar-refractivity contribution in [1.82, 2.24) is 5.32 Å². The largest absolute Gasteiger partial charge is 0.490 e. The molecule has 0 radical (unpaired) electrons. The molecule has 6 heteroatoms. The zero-order valence-electron chi connectivity index (χ0n) is 14.6. The molecule has 0 saturated carbocycles. The Hall–Kier alpha value is -2.89. The summed E-state index contributed by atoms with van der Waals surface area (Å²) in [5.41, 5.74) is 1.08. The van der Waals surface area contributed by atoms with Gasteiger partial charge in [0, 0.05) is 12.5 Å². The number of hydrogen-bond donors (Lipinski definition) is 2. The lowest BCUT2D eigenvalue weighted by Crippen LogP contribution is -2.37. The molecule has 1 atom stereocenters. The molecule has 0 aliphatic heterocycles. The first-order valence-electron chi connectivity index (χ1n) is 8.49. The summed E-state index contributed by atoms with van der Waals surface area (Å²) in [6.07, 6.45) is 0.688. The Morgan fingerprint density at radius 3 is 2.54 bits per heavy atom. The van der Waals surface area contributed by atoms with Crippen LogP contribution >= 0.6 is 0 Å². The molecular weight excluding hydrogens is 337 g/mol. The van der Waals surface area contributed by atoms with Gasteiger partial charge >= 0.3 is 5.97 Å². The third-order valence-electron chi connectivity index (χ3n) is 3.87. The molecule has 2 N–H and O–H groups in total. The molecule has 138 valence electrons. The minimum absolute atomic E-state index is 0.0702. The summed E-state index contributed by atoms with van der Waals surface area (Å²) in [5.74, 6) is -2.12. The van der Waals surface area contributed by atoms with Crippen molar-refractivity contribution in [3.63, 3.8) is 0 Å². The van der Waals surface area contributed by atoms with Crippen molar-refractivity contribution >= 4 is 11.9 Å². The van der Waals surface area contributed by atoms with Gasteiger partial charge in [0.1, 0.15) is 0 Å². The van der Waals surface area contributed by atoms with Gasteiger partial charge in [0.25, 0.3) is 5.91 Å². The number of amides is 1. The first-order valence-corrected chi connectivity index (χ1v) is 8.49. The highest BCUT2D eigenvalue weighted by atomic mass is 19.1. The third-order valence-corrected chi connectivity index (χ3v) is 3.87. The summed E-state index contributed by atoms with van der Waals surface area (Å²) in [6.45, 7) is 1.94. The Morgan fingerprint density at radius 1 is 1.15 bits per heavy atom. The van der Waals surface area contributed by atoms with Crippen LogP contribution in [0, 0.1) is 5.82 Å². The molecule has 0 bridgehead atoms. The molecule has 0 fully saturated rings. The number of ether oxygens (including phenoxy) is 1. The van der Waals surface area contributed by atoms with E-state index in [1.807, 2.05) is 30.3 Å². The first-order chi connectivity index (χ1) is 12.5. The van der Waals surface area contributed by atoms with Crippen LogP contribution in [0.4, 0.5) is 4.39 Å². The highest BCUT2D eigenvalue weighted by Gasteiger charge is 2.20. The van der Waals surface area contributed by atoms with Gasteiger partial charge in [0.2, 0.25) is 0 Å². The van der Waals surface area contributed by atoms with Crippen molar-refractivity contribution in [2.24, 2.45) is 0 Å². The molecule has 1 unspecified atom stereocenters. The maximum Gasteiger partial charge on any atom is 0.303 e. The number of aliphatic carboxylic acids is 1. The van der Waals surface area contributed by atoms with E-state index < -0.39 is 23.7 Å². The zero-order valence-corrected chi connectivity index (χ0v) is 14.6. The van der Waals surface area contributed by atoms with Crippen LogP contribution in [0.2, 0.25) is 0 Å². The maximum atomic E-state index is 14.0. The fourth-order valence-electron chi connectivity index (χ4n) is 2.66. The second-order valence-electron chi connectivity index (χ2n) is 5.84. The molecule has 0 saturated heterocycles. The second-order valence-corrected chi connectivity index (χ2v) is 5.84. The van der Waals surface area contributed by atoms with Crippen LogP contribution < -0.4 is 10.1 Å². The first kappa shape index (κ1) is 19.4. The van der Waals surface area contributed by atoms with Gasteiger partial charge in [-0.3, -0.25) is 9.59 Å². The normalized spacial score (nSPS) is 11.6. The van der Waals surface area contributed by atoms with Crippen molar-refractivity contribution in [3.05, 3.63) is 65.5 Å². The molecule has 26 heavy (non-hydrogen) atoms. The number of carboxylic acid groups (broad SMARTS) is 1. The average Bonchev–Trinajstić information content (AvgIpc) is 2.62. The Kier molecular flexibility index (Phi) is 7.14. The highest BCUT2D eigenvalue weighted by Crippen LogP contribution is 2.23. The van der Waals surface area contributed by atoms with E-state index in [1.165, 1.54) is 18.2 Å². The molecule has 1 amide bonds. The Labute approximate surface area is 151 Å². The van der Waals surface area contributed by atoms with Gasteiger partial charge in [-0.05, 0) is 37.5 Å². The molecule has 0 aromatic heterocycles. The summed E-state index contributed by atoms with van der Waals surface area (Å²) < 4.78 is 19.2. The third kappa shape index (κ3) is 5.58. The van der Waals surface area contributed by atoms with Crippen LogP contribution in [0.5, 0.6) is 5.75 Å². The van der Waals surface area contributed by atoms with E-state index >= 15 is 0 Å². The predicted octanol–water partition coefficient (Wildman–Crippen LogP) is 3.43. The SMILES string of the molecule is CCOc1c(F)cccc1C(=O)NC(CCC(=O)O)Cc1ccccc1. The lowest BCUT2D eigenvalue weighted by Gasteiger charge is -2.19. The van der Waals surface area contributed by atoms with Crippen molar-refractivity contribution in [3.8, 4) is 5.75 Å². The quantitative estimate of drug-likeness (QED) is 0.719. The molecule has 2 aromatic rings. The number of halogens is 1. The van der Waals surface area contributed by atoms with Gasteiger partial charge in [0.05, 0.1) is 12.2 Å². The lowest BCUT2D eigenvalue weighted by molar-refractivity contribution is -0.137. The molecule has 0 heterocycles. The molecule has 0 aliphatic rings. The summed E-state index contributed by atoms with van der Waals surface area (Å²) in [4.78, 5) is 23.5. The van der Waals surface area contributed by atoms with E-state index in [0.717, 1.165) is 5.56 Å². The minimum atomic E-state index is -0.932. The van der Waals surface area contributed by atoms with Crippen LogP contribution in [0.25, 0.3) is 0 Å². The van der Waals surface area contributed by atoms with E-state index in [0.29, 0.717) is 6.42 Å². The van der Waals surface area contributed by atoms with Crippen molar-refractivity contribution in [1.29, 1.82) is 0 Å². The van der Waals surface area contributed by atoms with Gasteiger partial charge in [-0.25, -0.2) is 4.39 Å². The Balaban J connectivity index is 2.17. The van der Waals surface area contributed by atoms with E-state index in [2.05, 4.69) is 5.32 Å². The number of benzene rings is 2. The monoisotopic (exact) mass is 359 g/mol. The van der Waals surface area contributed by atoms with Gasteiger partial charge in [-0.1, -0.05) is 36.4 Å². The van der Waals surface area contributed by atoms with E-state index in [9.17, 15) is 14.0 Å². The molecular formula is C20H22FNO4. The molecule has 0 spiro atoms. The van der Waals surface area contributed by atoms with Crippen molar-refractivity contribution in [2.75, 3.05) is 6.61 Å². The molecule has 5 nitrogen and oxygen atoms in total. The maximum absolute atomic E-state index is 14.0. The molecule has 0 aliphatic carbocycles. The van der Waals surface area contributed by atoms with Gasteiger partial charge < -0.3 is 15.2 Å². The fourth-order valence-corrected chi connectivity index (χ4v) is 2.66. The number of carbonyl (C=O) groups is 2. The van der Waals surface area contributed by atoms with E-state index in [1.54, 1.807) is 6.92 Å². The number of para-hydroxylation sites is 1. The number of hydrogen-bond acceptors (Lipinski definition) is 3. The summed E-state index contributed by atoms with van der Waals surface area (Å²) in [5, 5.41) is 11.8. The fraction of sp³-hybridized carbons (Fsp3) is 0.300. The summed E-state index contributed by atoms with van der Waals surface area (Å²) in [7, 11) is 0. The topological polar surface area (TPSA) is 75.6 Å². The zero-order chi connectivity index (χ0) is 18.9. The van der Waals surface area contributed by atoms with E-state index in [4.69, 9.17) is 9.84 Å². The minimum Gasteiger partial charge on any atom is -0.490 e. The molecule has 2 aromatic carbocycles. The number of nitrogens with one attached hydrogen (secondary N) is 1. The van der Waals surface area contributed by atoms with Crippen molar-refractivity contribution < 1.29 is 23.8 Å². The average molecular weight is 359 g/mol. The Morgan fingerprint density at radius 2 is 1.88 bits per heavy atom. The number of rotatable bonds is 9. The summed E-state index contributed by atoms with van der Waals surface area (Å²) in [6, 6.07) is 13.2. The van der Waals surface area contributed by atoms with Gasteiger partial charge in [-0.2, -0.15) is 0 Å². The smallest absolute Gasteiger partial charge is 0.303 e. The Bertz CT molecular complexity index is 749. The van der Waals surface area contributed by atoms with Crippen LogP contribution in [0.1, 0.15) is 35.7 Å². The van der Waals surface area contributed by atoms with E-state index in [-0.39, 0.29) is 30.8 Å². The van der Waals surface area contributed by atoms with Crippen LogP contribution in [-0.2, 0) is 11.2 Å². The number of carbonyl (C=O) groups excluding carboxylic acids is 1. The highest BCUT2D eigenvalue weighted by molar-refractivity contribution is 5.97. The molecule has 2 rings (SSSR count). The van der Waals surface area contributed by atoms with Crippen LogP contribution in [-0.4, -0.2) is 29.6 Å². The van der Waals surface area contributed by atoms with Gasteiger partial charge in [-0.15, -0.1) is 0 Å². The standard InChI is InChI=1S/C20H22FNO4/c1-2-26-19-16(9-6-10-17(19)21)20(25)22-15(11-12-18(23)24)13-14-7-4-3-5-8-14/h3-10,15H,2,11-13H2,1H3,(H,22,25)(H,23,24). The predicted molar refractivity (Wildman–Crippen MR) is 95.8 cm³/mol. The number of carboxylic acids is 1. The van der Waals surface area contributed by atoms with Gasteiger partial charge in [0.15, 0.2) is 11.6 Å². The summed E-state index contributed by atoms with van der Waals surface area (Å²) >= 11 is 0. The van der Waals surface area contributed by atoms with Crippen LogP contribution in [0.15, 0.2) is 48.5 Å². The lowest BCUT2D eigenvalue weighted by atomic mass is 10.0. The second kappa shape index (κ2) is 9.56. The van der Waals surface area contributed by atoms with Crippen LogP contribution in [0.3, 0.4) is 0 Å². The van der Waals surface area contributed by atoms with Crippen molar-refractivity contribution in [2.45, 2.75) is 32.2 Å².